The fourth-order valence-corrected chi connectivity index (χ4v) is 3.85. The second kappa shape index (κ2) is 4.08. The summed E-state index contributed by atoms with van der Waals surface area (Å²) in [6.07, 6.45) is 5.28. The first-order valence-corrected chi connectivity index (χ1v) is 7.02. The predicted octanol–water partition coefficient (Wildman–Crippen LogP) is 0.941. The summed E-state index contributed by atoms with van der Waals surface area (Å²) < 4.78 is 25.4. The number of carboxylic acids is 1. The third-order valence-corrected chi connectivity index (χ3v) is 5.02. The van der Waals surface area contributed by atoms with Crippen LogP contribution in [0.5, 0.6) is 0 Å². The Morgan fingerprint density at radius 2 is 2.00 bits per heavy atom. The number of amides is 1. The topological polar surface area (TPSA) is 91.8 Å². The molecule has 0 saturated carbocycles. The molecule has 104 valence electrons. The number of aromatic carboxylic acids is 1. The Kier molecular flexibility index (Phi) is 2.87. The van der Waals surface area contributed by atoms with E-state index in [0.29, 0.717) is 4.31 Å². The fourth-order valence-electron chi connectivity index (χ4n) is 1.98. The molecule has 0 aromatic heterocycles. The fraction of sp³-hybridized carbons (Fsp3) is 0.231. The number of nitrogens with zero attached hydrogens (tertiary/aromatic N) is 1. The number of hydrogen-bond acceptors (Lipinski definition) is 4. The van der Waals surface area contributed by atoms with Crippen molar-refractivity contribution in [1.82, 2.24) is 4.31 Å². The quantitative estimate of drug-likeness (QED) is 0.819. The lowest BCUT2D eigenvalue weighted by Crippen LogP contribution is -2.46. The minimum atomic E-state index is -4.14. The van der Waals surface area contributed by atoms with Crippen molar-refractivity contribution in [2.75, 3.05) is 0 Å². The molecule has 0 radical (unpaired) electrons. The monoisotopic (exact) mass is 293 g/mol. The van der Waals surface area contributed by atoms with Gasteiger partial charge in [0.1, 0.15) is 10.4 Å². The maximum atomic E-state index is 12.4. The van der Waals surface area contributed by atoms with Crippen LogP contribution in [0.2, 0.25) is 0 Å². The zero-order valence-corrected chi connectivity index (χ0v) is 11.6. The van der Waals surface area contributed by atoms with E-state index in [1.807, 2.05) is 0 Å². The van der Waals surface area contributed by atoms with Crippen molar-refractivity contribution in [2.45, 2.75) is 24.3 Å². The normalized spacial score (nSPS) is 16.6. The number of fused-ring (bicyclic) bond motifs is 1. The van der Waals surface area contributed by atoms with Crippen molar-refractivity contribution in [3.05, 3.63) is 29.3 Å². The minimum Gasteiger partial charge on any atom is -0.478 e. The van der Waals surface area contributed by atoms with Crippen LogP contribution in [0, 0.1) is 12.3 Å². The van der Waals surface area contributed by atoms with Gasteiger partial charge in [-0.1, -0.05) is 5.92 Å². The van der Waals surface area contributed by atoms with Gasteiger partial charge in [-0.3, -0.25) is 4.79 Å². The lowest BCUT2D eigenvalue weighted by molar-refractivity contribution is 0.0695. The third-order valence-electron chi connectivity index (χ3n) is 3.02. The maximum Gasteiger partial charge on any atom is 0.335 e. The number of rotatable bonds is 2. The Labute approximate surface area is 116 Å². The first-order chi connectivity index (χ1) is 9.13. The van der Waals surface area contributed by atoms with Crippen LogP contribution >= 0.6 is 0 Å². The summed E-state index contributed by atoms with van der Waals surface area (Å²) in [5.41, 5.74) is -1.61. The van der Waals surface area contributed by atoms with Crippen LogP contribution < -0.4 is 0 Å². The molecule has 1 heterocycles. The van der Waals surface area contributed by atoms with Gasteiger partial charge in [0.05, 0.1) is 11.1 Å². The first kappa shape index (κ1) is 14.1. The van der Waals surface area contributed by atoms with E-state index in [-0.39, 0.29) is 16.0 Å². The highest BCUT2D eigenvalue weighted by Crippen LogP contribution is 2.35. The molecule has 6 nitrogen and oxygen atoms in total. The summed E-state index contributed by atoms with van der Waals surface area (Å²) in [4.78, 5) is 22.8. The van der Waals surface area contributed by atoms with Crippen LogP contribution in [0.4, 0.5) is 0 Å². The Balaban J connectivity index is 2.73. The maximum absolute atomic E-state index is 12.4. The molecular formula is C13H11NO5S. The molecule has 0 bridgehead atoms. The molecule has 1 aliphatic heterocycles. The molecule has 20 heavy (non-hydrogen) atoms. The second-order valence-corrected chi connectivity index (χ2v) is 6.55. The molecule has 0 unspecified atom stereocenters. The van der Waals surface area contributed by atoms with Crippen molar-refractivity contribution in [3.63, 3.8) is 0 Å². The van der Waals surface area contributed by atoms with Crippen LogP contribution in [0.15, 0.2) is 23.1 Å². The molecule has 7 heteroatoms. The average Bonchev–Trinajstić information content (AvgIpc) is 2.57. The highest BCUT2D eigenvalue weighted by atomic mass is 32.2. The summed E-state index contributed by atoms with van der Waals surface area (Å²) in [6.45, 7) is 2.85. The van der Waals surface area contributed by atoms with Gasteiger partial charge in [-0.2, -0.15) is 0 Å². The Morgan fingerprint density at radius 1 is 1.40 bits per heavy atom. The first-order valence-electron chi connectivity index (χ1n) is 5.58. The van der Waals surface area contributed by atoms with Crippen molar-refractivity contribution in [3.8, 4) is 12.3 Å². The molecule has 0 atom stereocenters. The molecule has 1 amide bonds. The summed E-state index contributed by atoms with van der Waals surface area (Å²) in [5.74, 6) is 0.228. The van der Waals surface area contributed by atoms with E-state index in [1.54, 1.807) is 0 Å². The standard InChI is InChI=1S/C13H11NO5S/c1-4-13(2,3)14-11(15)9-6-5-8(12(16)17)7-10(9)20(14,18)19/h1,5-7H,2-3H3,(H,16,17). The summed E-state index contributed by atoms with van der Waals surface area (Å²) >= 11 is 0. The largest absolute Gasteiger partial charge is 0.478 e. The van der Waals surface area contributed by atoms with E-state index >= 15 is 0 Å². The van der Waals surface area contributed by atoms with E-state index in [2.05, 4.69) is 5.92 Å². The van der Waals surface area contributed by atoms with Gasteiger partial charge in [-0.15, -0.1) is 6.42 Å². The molecule has 0 fully saturated rings. The molecule has 0 spiro atoms. The van der Waals surface area contributed by atoms with Gasteiger partial charge < -0.3 is 5.11 Å². The second-order valence-electron chi connectivity index (χ2n) is 4.79. The third kappa shape index (κ3) is 1.77. The van der Waals surface area contributed by atoms with Gasteiger partial charge in [0, 0.05) is 0 Å². The SMILES string of the molecule is C#CC(C)(C)N1C(=O)c2ccc(C(=O)O)cc2S1(=O)=O. The molecule has 0 aliphatic carbocycles. The predicted molar refractivity (Wildman–Crippen MR) is 69.7 cm³/mol. The summed E-state index contributed by atoms with van der Waals surface area (Å²) in [5, 5.41) is 8.90. The number of sulfonamides is 1. The number of benzene rings is 1. The van der Waals surface area contributed by atoms with Gasteiger partial charge in [-0.25, -0.2) is 17.5 Å². The van der Waals surface area contributed by atoms with E-state index in [4.69, 9.17) is 11.5 Å². The average molecular weight is 293 g/mol. The van der Waals surface area contributed by atoms with E-state index < -0.39 is 27.4 Å². The van der Waals surface area contributed by atoms with E-state index in [0.717, 1.165) is 6.07 Å². The number of carbonyl (C=O) groups excluding carboxylic acids is 1. The van der Waals surface area contributed by atoms with Crippen LogP contribution in [-0.4, -0.2) is 35.2 Å². The van der Waals surface area contributed by atoms with Gasteiger partial charge in [0.2, 0.25) is 0 Å². The molecule has 2 rings (SSSR count). The van der Waals surface area contributed by atoms with Crippen LogP contribution in [0.1, 0.15) is 34.6 Å². The number of hydrogen-bond donors (Lipinski definition) is 1. The van der Waals surface area contributed by atoms with Crippen LogP contribution in [0.25, 0.3) is 0 Å². The molecule has 1 aromatic carbocycles. The molecule has 0 saturated heterocycles. The molecule has 1 aromatic rings. The van der Waals surface area contributed by atoms with Crippen molar-refractivity contribution in [2.24, 2.45) is 0 Å². The summed E-state index contributed by atoms with van der Waals surface area (Å²) in [7, 11) is -4.14. The van der Waals surface area contributed by atoms with Gasteiger partial charge in [0.15, 0.2) is 0 Å². The lowest BCUT2D eigenvalue weighted by atomic mass is 10.1. The number of carboxylic acid groups (broad SMARTS) is 1. The van der Waals surface area contributed by atoms with Gasteiger partial charge in [0.25, 0.3) is 15.9 Å². The Hall–Kier alpha value is -2.33. The number of terminal acetylenes is 1. The lowest BCUT2D eigenvalue weighted by Gasteiger charge is -2.28. The van der Waals surface area contributed by atoms with Crippen LogP contribution in [-0.2, 0) is 10.0 Å². The zero-order valence-electron chi connectivity index (χ0n) is 10.7. The molecule has 1 aliphatic rings. The molecule has 1 N–H and O–H groups in total. The van der Waals surface area contributed by atoms with Crippen molar-refractivity contribution < 1.29 is 23.1 Å². The van der Waals surface area contributed by atoms with Gasteiger partial charge >= 0.3 is 5.97 Å². The van der Waals surface area contributed by atoms with Crippen molar-refractivity contribution in [1.29, 1.82) is 0 Å². The minimum absolute atomic E-state index is 0.0710. The Morgan fingerprint density at radius 3 is 2.50 bits per heavy atom. The van der Waals surface area contributed by atoms with Crippen LogP contribution in [0.3, 0.4) is 0 Å². The number of carbonyl (C=O) groups is 2. The zero-order chi connectivity index (χ0) is 15.3. The van der Waals surface area contributed by atoms with Crippen molar-refractivity contribution >= 4 is 21.9 Å². The molecular weight excluding hydrogens is 282 g/mol. The highest BCUT2D eigenvalue weighted by molar-refractivity contribution is 7.90. The summed E-state index contributed by atoms with van der Waals surface area (Å²) in [6, 6.07) is 3.34. The van der Waals surface area contributed by atoms with E-state index in [9.17, 15) is 18.0 Å². The highest BCUT2D eigenvalue weighted by Gasteiger charge is 2.48. The smallest absolute Gasteiger partial charge is 0.335 e. The van der Waals surface area contributed by atoms with E-state index in [1.165, 1.54) is 26.0 Å². The Bertz CT molecular complexity index is 770. The van der Waals surface area contributed by atoms with Gasteiger partial charge in [-0.05, 0) is 32.0 Å².